The van der Waals surface area contributed by atoms with Gasteiger partial charge >= 0.3 is 0 Å². The summed E-state index contributed by atoms with van der Waals surface area (Å²) in [4.78, 5) is 32.8. The maximum absolute atomic E-state index is 13.2. The van der Waals surface area contributed by atoms with Gasteiger partial charge in [0.05, 0.1) is 23.2 Å². The molecular weight excluding hydrogens is 446 g/mol. The highest BCUT2D eigenvalue weighted by atomic mass is 32.2. The van der Waals surface area contributed by atoms with E-state index in [1.54, 1.807) is 11.0 Å². The zero-order valence-electron chi connectivity index (χ0n) is 17.9. The Bertz CT molecular complexity index is 1320. The van der Waals surface area contributed by atoms with Crippen molar-refractivity contribution in [3.8, 4) is 11.1 Å². The molecule has 9 heteroatoms. The van der Waals surface area contributed by atoms with Crippen LogP contribution in [0.25, 0.3) is 21.3 Å². The third kappa shape index (κ3) is 4.54. The molecule has 1 unspecified atom stereocenters. The second kappa shape index (κ2) is 8.99. The summed E-state index contributed by atoms with van der Waals surface area (Å²) in [6.45, 7) is 6.16. The summed E-state index contributed by atoms with van der Waals surface area (Å²) in [6.07, 6.45) is 3.60. The summed E-state index contributed by atoms with van der Waals surface area (Å²) in [5.74, 6) is -0.115. The Balaban J connectivity index is 1.56. The average Bonchev–Trinajstić information content (AvgIpc) is 3.35. The quantitative estimate of drug-likeness (QED) is 0.494. The molecular formula is C23H25N3O4S2. The Morgan fingerprint density at radius 1 is 1.34 bits per heavy atom. The summed E-state index contributed by atoms with van der Waals surface area (Å²) in [5.41, 5.74) is 2.75. The molecule has 3 heterocycles. The van der Waals surface area contributed by atoms with E-state index in [9.17, 15) is 18.0 Å². The number of sulfone groups is 1. The van der Waals surface area contributed by atoms with E-state index < -0.39 is 9.84 Å². The topological polar surface area (TPSA) is 89.3 Å². The molecule has 0 spiro atoms. The first kappa shape index (κ1) is 22.4. The van der Waals surface area contributed by atoms with E-state index in [1.807, 2.05) is 36.6 Å². The van der Waals surface area contributed by atoms with Crippen molar-refractivity contribution in [3.63, 3.8) is 0 Å². The van der Waals surface area contributed by atoms with Gasteiger partial charge in [-0.25, -0.2) is 13.4 Å². The Kier molecular flexibility index (Phi) is 6.30. The standard InChI is InChI=1S/C23H25N3O4S2/c1-3-10-26(18-9-12-32(29,30)14-18)20(27)8-11-25-15-24-22-21(23(25)28)19(13-31-22)17-6-4-16(2)5-7-17/h3-7,13,15,18H,1,8-12,14H2,2H3. The largest absolute Gasteiger partial charge is 0.335 e. The van der Waals surface area contributed by atoms with Gasteiger partial charge in [-0.15, -0.1) is 17.9 Å². The lowest BCUT2D eigenvalue weighted by atomic mass is 10.1. The molecule has 7 nitrogen and oxygen atoms in total. The highest BCUT2D eigenvalue weighted by Crippen LogP contribution is 2.30. The predicted octanol–water partition coefficient (Wildman–Crippen LogP) is 3.03. The van der Waals surface area contributed by atoms with E-state index in [0.29, 0.717) is 16.6 Å². The zero-order valence-corrected chi connectivity index (χ0v) is 19.5. The number of hydrogen-bond acceptors (Lipinski definition) is 6. The van der Waals surface area contributed by atoms with Crippen molar-refractivity contribution in [3.05, 3.63) is 64.5 Å². The number of benzene rings is 1. The molecule has 1 aliphatic heterocycles. The van der Waals surface area contributed by atoms with Crippen LogP contribution in [0.5, 0.6) is 0 Å². The van der Waals surface area contributed by atoms with Gasteiger partial charge in [0.1, 0.15) is 4.83 Å². The fourth-order valence-electron chi connectivity index (χ4n) is 4.05. The van der Waals surface area contributed by atoms with Crippen molar-refractivity contribution in [2.75, 3.05) is 18.1 Å². The normalized spacial score (nSPS) is 17.5. The van der Waals surface area contributed by atoms with E-state index >= 15 is 0 Å². The molecule has 0 saturated carbocycles. The number of aromatic nitrogens is 2. The summed E-state index contributed by atoms with van der Waals surface area (Å²) >= 11 is 1.42. The minimum Gasteiger partial charge on any atom is -0.335 e. The van der Waals surface area contributed by atoms with Crippen LogP contribution in [0.15, 0.2) is 53.4 Å². The van der Waals surface area contributed by atoms with Crippen molar-refractivity contribution in [2.45, 2.75) is 32.4 Å². The van der Waals surface area contributed by atoms with E-state index in [-0.39, 0.29) is 48.5 Å². The Morgan fingerprint density at radius 2 is 2.09 bits per heavy atom. The lowest BCUT2D eigenvalue weighted by Gasteiger charge is -2.27. The Hall–Kier alpha value is -2.78. The molecule has 0 N–H and O–H groups in total. The minimum absolute atomic E-state index is 0.0190. The van der Waals surface area contributed by atoms with Gasteiger partial charge in [0.25, 0.3) is 5.56 Å². The first-order chi connectivity index (χ1) is 15.3. The van der Waals surface area contributed by atoms with Crippen LogP contribution in [-0.2, 0) is 21.2 Å². The molecule has 0 aliphatic carbocycles. The van der Waals surface area contributed by atoms with Crippen molar-refractivity contribution in [1.29, 1.82) is 0 Å². The van der Waals surface area contributed by atoms with Crippen molar-refractivity contribution < 1.29 is 13.2 Å². The number of amides is 1. The van der Waals surface area contributed by atoms with Crippen molar-refractivity contribution in [2.24, 2.45) is 0 Å². The van der Waals surface area contributed by atoms with Crippen LogP contribution in [0.2, 0.25) is 0 Å². The van der Waals surface area contributed by atoms with E-state index in [2.05, 4.69) is 11.6 Å². The molecule has 1 saturated heterocycles. The molecule has 0 radical (unpaired) electrons. The first-order valence-electron chi connectivity index (χ1n) is 10.4. The smallest absolute Gasteiger partial charge is 0.262 e. The summed E-state index contributed by atoms with van der Waals surface area (Å²) in [7, 11) is -3.11. The van der Waals surface area contributed by atoms with Crippen molar-refractivity contribution in [1.82, 2.24) is 14.5 Å². The number of nitrogens with zero attached hydrogens (tertiary/aromatic N) is 3. The fourth-order valence-corrected chi connectivity index (χ4v) is 6.68. The van der Waals surface area contributed by atoms with Gasteiger partial charge in [-0.2, -0.15) is 0 Å². The van der Waals surface area contributed by atoms with Crippen LogP contribution in [0, 0.1) is 6.92 Å². The van der Waals surface area contributed by atoms with Gasteiger partial charge in [0.2, 0.25) is 5.91 Å². The lowest BCUT2D eigenvalue weighted by molar-refractivity contribution is -0.132. The molecule has 1 amide bonds. The average molecular weight is 472 g/mol. The molecule has 0 bridgehead atoms. The minimum atomic E-state index is -3.11. The molecule has 1 aliphatic rings. The Labute approximate surface area is 190 Å². The van der Waals surface area contributed by atoms with Crippen LogP contribution < -0.4 is 5.56 Å². The molecule has 1 atom stereocenters. The van der Waals surface area contributed by atoms with Crippen LogP contribution in [0.3, 0.4) is 0 Å². The molecule has 168 valence electrons. The molecule has 3 aromatic rings. The van der Waals surface area contributed by atoms with Gasteiger partial charge < -0.3 is 4.90 Å². The van der Waals surface area contributed by atoms with Crippen LogP contribution in [-0.4, -0.2) is 52.9 Å². The number of carbonyl (C=O) groups excluding carboxylic acids is 1. The fraction of sp³-hybridized carbons (Fsp3) is 0.348. The molecule has 2 aromatic heterocycles. The monoisotopic (exact) mass is 471 g/mol. The lowest BCUT2D eigenvalue weighted by Crippen LogP contribution is -2.41. The van der Waals surface area contributed by atoms with Crippen LogP contribution in [0.1, 0.15) is 18.4 Å². The number of carbonyl (C=O) groups is 1. The van der Waals surface area contributed by atoms with Gasteiger partial charge in [-0.1, -0.05) is 35.9 Å². The summed E-state index contributed by atoms with van der Waals surface area (Å²) in [6, 6.07) is 7.64. The Morgan fingerprint density at radius 3 is 2.75 bits per heavy atom. The predicted molar refractivity (Wildman–Crippen MR) is 128 cm³/mol. The van der Waals surface area contributed by atoms with E-state index in [4.69, 9.17) is 0 Å². The summed E-state index contributed by atoms with van der Waals surface area (Å²) < 4.78 is 25.2. The number of thiophene rings is 1. The highest BCUT2D eigenvalue weighted by molar-refractivity contribution is 7.91. The maximum Gasteiger partial charge on any atom is 0.262 e. The summed E-state index contributed by atoms with van der Waals surface area (Å²) in [5, 5.41) is 2.49. The van der Waals surface area contributed by atoms with E-state index in [0.717, 1.165) is 16.7 Å². The maximum atomic E-state index is 13.2. The zero-order chi connectivity index (χ0) is 22.9. The van der Waals surface area contributed by atoms with Crippen LogP contribution >= 0.6 is 11.3 Å². The van der Waals surface area contributed by atoms with Gasteiger partial charge in [0.15, 0.2) is 9.84 Å². The van der Waals surface area contributed by atoms with Crippen molar-refractivity contribution >= 4 is 37.3 Å². The number of rotatable bonds is 7. The molecule has 1 aromatic carbocycles. The molecule has 4 rings (SSSR count). The number of hydrogen-bond donors (Lipinski definition) is 0. The third-order valence-electron chi connectivity index (χ3n) is 5.79. The third-order valence-corrected chi connectivity index (χ3v) is 8.42. The number of aryl methyl sites for hydroxylation is 2. The van der Waals surface area contributed by atoms with Gasteiger partial charge in [-0.05, 0) is 18.9 Å². The highest BCUT2D eigenvalue weighted by Gasteiger charge is 2.33. The SMILES string of the molecule is C=CCN(C(=O)CCn1cnc2scc(-c3ccc(C)cc3)c2c1=O)C1CCS(=O)(=O)C1. The second-order valence-corrected chi connectivity index (χ2v) is 11.2. The first-order valence-corrected chi connectivity index (χ1v) is 13.1. The molecule has 32 heavy (non-hydrogen) atoms. The van der Waals surface area contributed by atoms with Crippen LogP contribution in [0.4, 0.5) is 0 Å². The van der Waals surface area contributed by atoms with Gasteiger partial charge in [0, 0.05) is 36.5 Å². The second-order valence-electron chi connectivity index (χ2n) is 8.08. The van der Waals surface area contributed by atoms with E-state index in [1.165, 1.54) is 22.2 Å². The number of fused-ring (bicyclic) bond motifs is 1. The van der Waals surface area contributed by atoms with Gasteiger partial charge in [-0.3, -0.25) is 14.2 Å². The molecule has 1 fully saturated rings.